The van der Waals surface area contributed by atoms with E-state index in [2.05, 4.69) is 0 Å². The monoisotopic (exact) mass is 298 g/mol. The number of rotatable bonds is 2. The van der Waals surface area contributed by atoms with E-state index < -0.39 is 27.2 Å². The van der Waals surface area contributed by atoms with Crippen LogP contribution in [0.5, 0.6) is 0 Å². The molecule has 1 aliphatic rings. The van der Waals surface area contributed by atoms with Crippen molar-refractivity contribution in [3.63, 3.8) is 0 Å². The number of ether oxygens (including phenoxy) is 1. The summed E-state index contributed by atoms with van der Waals surface area (Å²) in [4.78, 5) is 12.1. The van der Waals surface area contributed by atoms with Gasteiger partial charge in [0.05, 0.1) is 10.5 Å². The molecule has 20 heavy (non-hydrogen) atoms. The van der Waals surface area contributed by atoms with Crippen LogP contribution >= 0.6 is 0 Å². The molecule has 6 heteroatoms. The molecule has 4 nitrogen and oxygen atoms in total. The van der Waals surface area contributed by atoms with Crippen LogP contribution in [-0.4, -0.2) is 26.2 Å². The topological polar surface area (TPSA) is 60.4 Å². The highest BCUT2D eigenvalue weighted by Gasteiger charge is 2.38. The van der Waals surface area contributed by atoms with E-state index >= 15 is 0 Å². The van der Waals surface area contributed by atoms with E-state index in [0.29, 0.717) is 0 Å². The van der Waals surface area contributed by atoms with Crippen molar-refractivity contribution in [3.8, 4) is 0 Å². The van der Waals surface area contributed by atoms with Crippen molar-refractivity contribution < 1.29 is 22.3 Å². The highest BCUT2D eigenvalue weighted by atomic mass is 32.2. The maximum atomic E-state index is 13.3. The molecular formula is C14H15FO4S. The molecule has 2 rings (SSSR count). The van der Waals surface area contributed by atoms with Gasteiger partial charge in [0, 0.05) is 12.7 Å². The summed E-state index contributed by atoms with van der Waals surface area (Å²) in [6, 6.07) is 5.26. The number of carbonyl (C=O) groups is 1. The Morgan fingerprint density at radius 2 is 1.95 bits per heavy atom. The number of sulfone groups is 1. The maximum Gasteiger partial charge on any atom is 0.340 e. The van der Waals surface area contributed by atoms with Crippen LogP contribution in [0, 0.1) is 5.82 Å². The number of esters is 1. The average Bonchev–Trinajstić information content (AvgIpc) is 2.25. The third-order valence-electron chi connectivity index (χ3n) is 3.00. The van der Waals surface area contributed by atoms with Gasteiger partial charge in [-0.05, 0) is 31.5 Å². The summed E-state index contributed by atoms with van der Waals surface area (Å²) < 4.78 is 42.4. The van der Waals surface area contributed by atoms with Gasteiger partial charge in [0.1, 0.15) is 11.4 Å². The second-order valence-corrected chi connectivity index (χ2v) is 7.44. The third kappa shape index (κ3) is 2.90. The van der Waals surface area contributed by atoms with Gasteiger partial charge in [-0.25, -0.2) is 17.6 Å². The number of carbonyl (C=O) groups excluding carboxylic acids is 1. The Kier molecular flexibility index (Phi) is 3.46. The van der Waals surface area contributed by atoms with Crippen LogP contribution in [0.3, 0.4) is 0 Å². The van der Waals surface area contributed by atoms with Crippen LogP contribution in [0.1, 0.15) is 25.8 Å². The van der Waals surface area contributed by atoms with Gasteiger partial charge in [-0.15, -0.1) is 0 Å². The average molecular weight is 298 g/mol. The summed E-state index contributed by atoms with van der Waals surface area (Å²) in [5.74, 6) is -1.28. The van der Waals surface area contributed by atoms with Crippen molar-refractivity contribution in [2.45, 2.75) is 25.9 Å². The van der Waals surface area contributed by atoms with Gasteiger partial charge >= 0.3 is 5.97 Å². The molecule has 0 fully saturated rings. The van der Waals surface area contributed by atoms with E-state index in [9.17, 15) is 17.6 Å². The standard InChI is InChI=1S/C14H15FO4S/c1-14(2)8-11(20(3,17)18)12(13(16)19-14)9-5-4-6-10(15)7-9/h4-7H,8H2,1-3H3. The fourth-order valence-corrected chi connectivity index (χ4v) is 3.35. The number of hydrogen-bond donors (Lipinski definition) is 0. The maximum absolute atomic E-state index is 13.3. The van der Waals surface area contributed by atoms with Crippen LogP contribution in [0.25, 0.3) is 5.57 Å². The molecule has 0 aromatic heterocycles. The van der Waals surface area contributed by atoms with Crippen LogP contribution in [-0.2, 0) is 19.4 Å². The molecule has 0 aliphatic carbocycles. The van der Waals surface area contributed by atoms with Gasteiger partial charge < -0.3 is 4.74 Å². The van der Waals surface area contributed by atoms with Crippen molar-refractivity contribution in [3.05, 3.63) is 40.6 Å². The Morgan fingerprint density at radius 1 is 1.30 bits per heavy atom. The Morgan fingerprint density at radius 3 is 2.50 bits per heavy atom. The minimum absolute atomic E-state index is 0.00986. The highest BCUT2D eigenvalue weighted by molar-refractivity contribution is 7.94. The second-order valence-electron chi connectivity index (χ2n) is 5.41. The third-order valence-corrected chi connectivity index (χ3v) is 4.24. The molecule has 0 spiro atoms. The molecule has 1 aromatic carbocycles. The minimum atomic E-state index is -3.58. The summed E-state index contributed by atoms with van der Waals surface area (Å²) in [7, 11) is -3.58. The number of hydrogen-bond acceptors (Lipinski definition) is 4. The second kappa shape index (κ2) is 4.70. The van der Waals surface area contributed by atoms with Gasteiger partial charge in [-0.3, -0.25) is 0 Å². The van der Waals surface area contributed by atoms with Gasteiger partial charge in [0.15, 0.2) is 9.84 Å². The zero-order valence-corrected chi connectivity index (χ0v) is 12.3. The van der Waals surface area contributed by atoms with E-state index in [1.165, 1.54) is 18.2 Å². The van der Waals surface area contributed by atoms with Crippen molar-refractivity contribution in [1.82, 2.24) is 0 Å². The zero-order valence-electron chi connectivity index (χ0n) is 11.4. The van der Waals surface area contributed by atoms with Crippen molar-refractivity contribution in [2.75, 3.05) is 6.26 Å². The molecule has 108 valence electrons. The molecule has 1 heterocycles. The van der Waals surface area contributed by atoms with Crippen LogP contribution in [0.15, 0.2) is 29.2 Å². The molecule has 0 unspecified atom stereocenters. The lowest BCUT2D eigenvalue weighted by Gasteiger charge is -2.32. The first-order valence-corrected chi connectivity index (χ1v) is 7.92. The molecule has 0 radical (unpaired) electrons. The Labute approximate surface area is 117 Å². The van der Waals surface area contributed by atoms with Gasteiger partial charge in [0.25, 0.3) is 0 Å². The van der Waals surface area contributed by atoms with Crippen LogP contribution < -0.4 is 0 Å². The van der Waals surface area contributed by atoms with Crippen LogP contribution in [0.4, 0.5) is 4.39 Å². The predicted molar refractivity (Wildman–Crippen MR) is 73.0 cm³/mol. The summed E-state index contributed by atoms with van der Waals surface area (Å²) in [6.45, 7) is 3.27. The Balaban J connectivity index is 2.72. The number of benzene rings is 1. The molecule has 1 aromatic rings. The van der Waals surface area contributed by atoms with Gasteiger partial charge in [0.2, 0.25) is 0 Å². The Hall–Kier alpha value is -1.69. The largest absolute Gasteiger partial charge is 0.456 e. The molecule has 0 N–H and O–H groups in total. The Bertz CT molecular complexity index is 702. The lowest BCUT2D eigenvalue weighted by Crippen LogP contribution is -2.35. The quantitative estimate of drug-likeness (QED) is 0.786. The zero-order chi connectivity index (χ0) is 15.1. The van der Waals surface area contributed by atoms with Crippen molar-refractivity contribution in [1.29, 1.82) is 0 Å². The summed E-state index contributed by atoms with van der Waals surface area (Å²) in [5, 5.41) is 0. The van der Waals surface area contributed by atoms with E-state index in [4.69, 9.17) is 4.74 Å². The first-order valence-electron chi connectivity index (χ1n) is 6.03. The lowest BCUT2D eigenvalue weighted by molar-refractivity contribution is -0.150. The van der Waals surface area contributed by atoms with Gasteiger partial charge in [-0.2, -0.15) is 0 Å². The van der Waals surface area contributed by atoms with E-state index in [1.54, 1.807) is 13.8 Å². The summed E-state index contributed by atoms with van der Waals surface area (Å²) >= 11 is 0. The van der Waals surface area contributed by atoms with Gasteiger partial charge in [-0.1, -0.05) is 12.1 Å². The molecule has 1 aliphatic heterocycles. The van der Waals surface area contributed by atoms with E-state index in [0.717, 1.165) is 12.3 Å². The van der Waals surface area contributed by atoms with E-state index in [-0.39, 0.29) is 22.5 Å². The lowest BCUT2D eigenvalue weighted by atomic mass is 9.95. The highest BCUT2D eigenvalue weighted by Crippen LogP contribution is 2.37. The first kappa shape index (κ1) is 14.7. The molecule has 0 bridgehead atoms. The molecule has 0 atom stereocenters. The smallest absolute Gasteiger partial charge is 0.340 e. The summed E-state index contributed by atoms with van der Waals surface area (Å²) in [6.07, 6.45) is 1.11. The molecule has 0 saturated heterocycles. The van der Waals surface area contributed by atoms with Crippen molar-refractivity contribution >= 4 is 21.4 Å². The van der Waals surface area contributed by atoms with Crippen molar-refractivity contribution in [2.24, 2.45) is 0 Å². The SMILES string of the molecule is CC1(C)CC(S(C)(=O)=O)=C(c2cccc(F)c2)C(=O)O1. The van der Waals surface area contributed by atoms with Crippen LogP contribution in [0.2, 0.25) is 0 Å². The summed E-state index contributed by atoms with van der Waals surface area (Å²) in [5.41, 5.74) is -0.760. The fourth-order valence-electron chi connectivity index (χ4n) is 2.17. The molecular weight excluding hydrogens is 283 g/mol. The predicted octanol–water partition coefficient (Wildman–Crippen LogP) is 2.31. The molecule has 0 amide bonds. The normalized spacial score (nSPS) is 18.9. The first-order chi connectivity index (χ1) is 9.10. The van der Waals surface area contributed by atoms with E-state index in [1.807, 2.05) is 0 Å². The number of halogens is 1. The fraction of sp³-hybridized carbons (Fsp3) is 0.357. The molecule has 0 saturated carbocycles. The minimum Gasteiger partial charge on any atom is -0.456 e. The number of cyclic esters (lactones) is 1.